The minimum atomic E-state index is -0.388. The molecule has 0 N–H and O–H groups in total. The van der Waals surface area contributed by atoms with Crippen molar-refractivity contribution in [1.82, 2.24) is 0 Å². The molecule has 0 heterocycles. The molecule has 2 aromatic rings. The smallest absolute Gasteiger partial charge is 0.163 e. The Morgan fingerprint density at radius 3 is 2.85 bits per heavy atom. The molecule has 0 radical (unpaired) electrons. The van der Waals surface area contributed by atoms with Gasteiger partial charge in [0.25, 0.3) is 0 Å². The van der Waals surface area contributed by atoms with Gasteiger partial charge in [0.1, 0.15) is 18.2 Å². The number of fused-ring (bicyclic) bond motifs is 1. The number of rotatable bonds is 3. The maximum Gasteiger partial charge on any atom is 0.163 e. The second-order valence-corrected chi connectivity index (χ2v) is 5.17. The molecule has 0 unspecified atom stereocenters. The van der Waals surface area contributed by atoms with Crippen molar-refractivity contribution in [2.45, 2.75) is 19.4 Å². The van der Waals surface area contributed by atoms with E-state index in [0.717, 1.165) is 11.1 Å². The number of ketones is 1. The van der Waals surface area contributed by atoms with Crippen molar-refractivity contribution < 1.29 is 13.9 Å². The quantitative estimate of drug-likeness (QED) is 0.847. The van der Waals surface area contributed by atoms with Crippen molar-refractivity contribution in [2.24, 2.45) is 0 Å². The molecule has 1 aliphatic carbocycles. The van der Waals surface area contributed by atoms with Crippen molar-refractivity contribution in [3.8, 4) is 5.75 Å². The topological polar surface area (TPSA) is 26.3 Å². The maximum atomic E-state index is 13.7. The molecular formula is C16H12ClFO2. The van der Waals surface area contributed by atoms with E-state index < -0.39 is 0 Å². The Bertz CT molecular complexity index is 682. The van der Waals surface area contributed by atoms with Crippen LogP contribution in [0, 0.1) is 5.82 Å². The van der Waals surface area contributed by atoms with Crippen molar-refractivity contribution in [2.75, 3.05) is 0 Å². The highest BCUT2D eigenvalue weighted by Crippen LogP contribution is 2.31. The van der Waals surface area contributed by atoms with Crippen LogP contribution in [0.25, 0.3) is 0 Å². The van der Waals surface area contributed by atoms with Gasteiger partial charge in [-0.3, -0.25) is 4.79 Å². The van der Waals surface area contributed by atoms with Crippen LogP contribution in [0.3, 0.4) is 0 Å². The van der Waals surface area contributed by atoms with Crippen LogP contribution in [0.2, 0.25) is 5.02 Å². The highest BCUT2D eigenvalue weighted by molar-refractivity contribution is 6.30. The van der Waals surface area contributed by atoms with E-state index in [1.165, 1.54) is 6.07 Å². The summed E-state index contributed by atoms with van der Waals surface area (Å²) in [6, 6.07) is 9.90. The minimum absolute atomic E-state index is 0.119. The molecule has 0 aromatic heterocycles. The van der Waals surface area contributed by atoms with E-state index in [9.17, 15) is 9.18 Å². The second kappa shape index (κ2) is 5.25. The zero-order valence-electron chi connectivity index (χ0n) is 10.7. The van der Waals surface area contributed by atoms with E-state index in [1.807, 2.05) is 6.07 Å². The number of benzene rings is 2. The van der Waals surface area contributed by atoms with Crippen LogP contribution in [-0.2, 0) is 13.0 Å². The van der Waals surface area contributed by atoms with Gasteiger partial charge in [-0.15, -0.1) is 0 Å². The highest BCUT2D eigenvalue weighted by atomic mass is 35.5. The molecule has 0 bridgehead atoms. The van der Waals surface area contributed by atoms with Gasteiger partial charge in [0.05, 0.1) is 0 Å². The number of carbonyl (C=O) groups excluding carboxylic acids is 1. The molecule has 20 heavy (non-hydrogen) atoms. The first-order valence-corrected chi connectivity index (χ1v) is 6.75. The fourth-order valence-corrected chi connectivity index (χ4v) is 2.55. The van der Waals surface area contributed by atoms with Crippen LogP contribution >= 0.6 is 11.6 Å². The van der Waals surface area contributed by atoms with E-state index in [4.69, 9.17) is 16.3 Å². The van der Waals surface area contributed by atoms with Crippen molar-refractivity contribution in [3.63, 3.8) is 0 Å². The second-order valence-electron chi connectivity index (χ2n) is 4.73. The average molecular weight is 291 g/mol. The van der Waals surface area contributed by atoms with Crippen LogP contribution < -0.4 is 4.74 Å². The number of halogens is 2. The summed E-state index contributed by atoms with van der Waals surface area (Å²) < 4.78 is 19.3. The van der Waals surface area contributed by atoms with Gasteiger partial charge in [0, 0.05) is 28.1 Å². The van der Waals surface area contributed by atoms with E-state index in [1.54, 1.807) is 24.3 Å². The van der Waals surface area contributed by atoms with E-state index in [2.05, 4.69) is 0 Å². The minimum Gasteiger partial charge on any atom is -0.488 e. The summed E-state index contributed by atoms with van der Waals surface area (Å²) >= 11 is 5.71. The summed E-state index contributed by atoms with van der Waals surface area (Å²) in [6.45, 7) is 0.119. The first-order valence-electron chi connectivity index (χ1n) is 6.37. The van der Waals surface area contributed by atoms with Gasteiger partial charge in [-0.25, -0.2) is 4.39 Å². The molecule has 0 amide bonds. The molecule has 0 fully saturated rings. The first kappa shape index (κ1) is 13.1. The number of hydrogen-bond donors (Lipinski definition) is 0. The molecule has 0 spiro atoms. The van der Waals surface area contributed by atoms with Crippen LogP contribution in [-0.4, -0.2) is 5.78 Å². The third-order valence-corrected chi connectivity index (χ3v) is 3.67. The Balaban J connectivity index is 1.81. The van der Waals surface area contributed by atoms with Gasteiger partial charge in [-0.1, -0.05) is 29.8 Å². The fourth-order valence-electron chi connectivity index (χ4n) is 2.39. The molecule has 0 saturated carbocycles. The Morgan fingerprint density at radius 1 is 1.20 bits per heavy atom. The summed E-state index contributed by atoms with van der Waals surface area (Å²) in [5.41, 5.74) is 2.09. The molecule has 102 valence electrons. The standard InChI is InChI=1S/C16H12ClFO2/c17-11-5-4-10(14(18)8-11)9-20-16-3-1-2-12-13(16)6-7-15(12)19/h1-5,8H,6-7,9H2. The lowest BCUT2D eigenvalue weighted by Crippen LogP contribution is -2.01. The zero-order valence-corrected chi connectivity index (χ0v) is 11.4. The average Bonchev–Trinajstić information content (AvgIpc) is 2.80. The van der Waals surface area contributed by atoms with Crippen molar-refractivity contribution >= 4 is 17.4 Å². The number of ether oxygens (including phenoxy) is 1. The van der Waals surface area contributed by atoms with E-state index in [0.29, 0.717) is 29.2 Å². The molecule has 4 heteroatoms. The SMILES string of the molecule is O=C1CCc2c(OCc3ccc(Cl)cc3F)cccc21. The molecular weight excluding hydrogens is 279 g/mol. The normalized spacial score (nSPS) is 13.4. The summed E-state index contributed by atoms with van der Waals surface area (Å²) in [7, 11) is 0. The number of Topliss-reactive ketones (excluding diaryl/α,β-unsaturated/α-hetero) is 1. The van der Waals surface area contributed by atoms with Gasteiger partial charge in [0.2, 0.25) is 0 Å². The number of carbonyl (C=O) groups is 1. The molecule has 2 nitrogen and oxygen atoms in total. The molecule has 0 atom stereocenters. The lowest BCUT2D eigenvalue weighted by molar-refractivity contribution is 0.0994. The summed E-state index contributed by atoms with van der Waals surface area (Å²) in [6.07, 6.45) is 1.21. The maximum absolute atomic E-state index is 13.7. The Morgan fingerprint density at radius 2 is 2.05 bits per heavy atom. The molecule has 0 aliphatic heterocycles. The van der Waals surface area contributed by atoms with Crippen LogP contribution in [0.15, 0.2) is 36.4 Å². The van der Waals surface area contributed by atoms with Gasteiger partial charge >= 0.3 is 0 Å². The fraction of sp³-hybridized carbons (Fsp3) is 0.188. The Hall–Kier alpha value is -1.87. The summed E-state index contributed by atoms with van der Waals surface area (Å²) in [5.74, 6) is 0.409. The summed E-state index contributed by atoms with van der Waals surface area (Å²) in [5, 5.41) is 0.359. The molecule has 0 saturated heterocycles. The van der Waals surface area contributed by atoms with E-state index in [-0.39, 0.29) is 18.2 Å². The predicted octanol–water partition coefficient (Wildman–Crippen LogP) is 4.19. The summed E-state index contributed by atoms with van der Waals surface area (Å²) in [4.78, 5) is 11.7. The van der Waals surface area contributed by atoms with Crippen LogP contribution in [0.4, 0.5) is 4.39 Å². The third-order valence-electron chi connectivity index (χ3n) is 3.43. The van der Waals surface area contributed by atoms with Gasteiger partial charge < -0.3 is 4.74 Å². The molecule has 2 aromatic carbocycles. The monoisotopic (exact) mass is 290 g/mol. The van der Waals surface area contributed by atoms with E-state index >= 15 is 0 Å². The molecule has 3 rings (SSSR count). The first-order chi connectivity index (χ1) is 9.65. The lowest BCUT2D eigenvalue weighted by atomic mass is 10.1. The Labute approximate surface area is 121 Å². The Kier molecular flexibility index (Phi) is 3.45. The van der Waals surface area contributed by atoms with Gasteiger partial charge in [0.15, 0.2) is 5.78 Å². The highest BCUT2D eigenvalue weighted by Gasteiger charge is 2.22. The van der Waals surface area contributed by atoms with Crippen LogP contribution in [0.1, 0.15) is 27.9 Å². The van der Waals surface area contributed by atoms with Gasteiger partial charge in [-0.2, -0.15) is 0 Å². The van der Waals surface area contributed by atoms with Crippen molar-refractivity contribution in [3.05, 3.63) is 63.9 Å². The van der Waals surface area contributed by atoms with Crippen LogP contribution in [0.5, 0.6) is 5.75 Å². The third kappa shape index (κ3) is 2.41. The van der Waals surface area contributed by atoms with Gasteiger partial charge in [-0.05, 0) is 24.6 Å². The number of hydrogen-bond acceptors (Lipinski definition) is 2. The molecule has 1 aliphatic rings. The lowest BCUT2D eigenvalue weighted by Gasteiger charge is -2.11. The largest absolute Gasteiger partial charge is 0.488 e. The van der Waals surface area contributed by atoms with Crippen molar-refractivity contribution in [1.29, 1.82) is 0 Å². The zero-order chi connectivity index (χ0) is 14.1. The predicted molar refractivity (Wildman–Crippen MR) is 74.8 cm³/mol.